The molecular weight excluding hydrogens is 280 g/mol. The molecule has 1 aromatic rings. The molecule has 0 aromatic carbocycles. The number of hydrogen-bond donors (Lipinski definition) is 2. The van der Waals surface area contributed by atoms with Gasteiger partial charge in [-0.15, -0.1) is 11.3 Å². The lowest BCUT2D eigenvalue weighted by Crippen LogP contribution is -2.12. The fraction of sp³-hybridized carbons (Fsp3) is 0.538. The molecule has 6 nitrogen and oxygen atoms in total. The third-order valence-electron chi connectivity index (χ3n) is 3.22. The van der Waals surface area contributed by atoms with Crippen LogP contribution in [0, 0.1) is 5.92 Å². The quantitative estimate of drug-likeness (QED) is 0.809. The van der Waals surface area contributed by atoms with Gasteiger partial charge in [0.25, 0.3) is 0 Å². The molecule has 0 radical (unpaired) electrons. The summed E-state index contributed by atoms with van der Waals surface area (Å²) in [7, 11) is 1.28. The fourth-order valence-corrected chi connectivity index (χ4v) is 2.98. The van der Waals surface area contributed by atoms with Crippen molar-refractivity contribution in [3.8, 4) is 0 Å². The van der Waals surface area contributed by atoms with E-state index >= 15 is 0 Å². The summed E-state index contributed by atoms with van der Waals surface area (Å²) in [5.74, 6) is -0.517. The summed E-state index contributed by atoms with van der Waals surface area (Å²) >= 11 is 1.13. The Labute approximate surface area is 121 Å². The monoisotopic (exact) mass is 298 g/mol. The van der Waals surface area contributed by atoms with Gasteiger partial charge in [0.1, 0.15) is 15.4 Å². The Morgan fingerprint density at radius 1 is 1.45 bits per heavy atom. The maximum atomic E-state index is 12.0. The first kappa shape index (κ1) is 14.6. The van der Waals surface area contributed by atoms with Crippen molar-refractivity contribution in [2.75, 3.05) is 24.8 Å². The summed E-state index contributed by atoms with van der Waals surface area (Å²) in [6.45, 7) is 4.08. The number of rotatable bonds is 5. The number of ether oxygens (including phenoxy) is 2. The van der Waals surface area contributed by atoms with Crippen molar-refractivity contribution < 1.29 is 19.1 Å². The second-order valence-electron chi connectivity index (χ2n) is 4.72. The highest BCUT2D eigenvalue weighted by atomic mass is 32.1. The van der Waals surface area contributed by atoms with Crippen LogP contribution in [-0.4, -0.2) is 31.7 Å². The molecule has 3 N–H and O–H groups in total. The Balaban J connectivity index is 2.36. The van der Waals surface area contributed by atoms with E-state index in [0.717, 1.165) is 17.8 Å². The Kier molecular flexibility index (Phi) is 4.17. The average Bonchev–Trinajstić information content (AvgIpc) is 2.99. The molecule has 1 aromatic heterocycles. The molecule has 7 heteroatoms. The number of thiophene rings is 1. The van der Waals surface area contributed by atoms with Crippen LogP contribution < -0.4 is 11.1 Å². The molecule has 1 saturated carbocycles. The van der Waals surface area contributed by atoms with Crippen LogP contribution in [0.15, 0.2) is 0 Å². The van der Waals surface area contributed by atoms with E-state index in [1.807, 2.05) is 0 Å². The van der Waals surface area contributed by atoms with Gasteiger partial charge in [-0.05, 0) is 19.3 Å². The molecule has 2 atom stereocenters. The molecule has 0 saturated heterocycles. The van der Waals surface area contributed by atoms with Crippen LogP contribution in [0.4, 0.5) is 10.7 Å². The molecule has 1 heterocycles. The maximum absolute atomic E-state index is 12.0. The van der Waals surface area contributed by atoms with E-state index < -0.39 is 11.9 Å². The molecule has 1 fully saturated rings. The minimum Gasteiger partial charge on any atom is -0.465 e. The zero-order chi connectivity index (χ0) is 14.9. The molecule has 2 unspecified atom stereocenters. The fourth-order valence-electron chi connectivity index (χ4n) is 1.89. The van der Waals surface area contributed by atoms with E-state index in [4.69, 9.17) is 10.5 Å². The highest BCUT2D eigenvalue weighted by molar-refractivity contribution is 7.19. The standard InChI is InChI=1S/C13H18N2O4S/c1-4-19-12(16)8-9(14)10(13(17)18-3)20-11(8)15-7-5-6(7)2/h6-7,15H,4-5,14H2,1-3H3. The van der Waals surface area contributed by atoms with Crippen molar-refractivity contribution in [1.82, 2.24) is 0 Å². The van der Waals surface area contributed by atoms with Gasteiger partial charge in [0.15, 0.2) is 0 Å². The average molecular weight is 298 g/mol. The SMILES string of the molecule is CCOC(=O)c1c(NC2CC2C)sc(C(=O)OC)c1N. The van der Waals surface area contributed by atoms with Crippen molar-refractivity contribution in [2.24, 2.45) is 5.92 Å². The van der Waals surface area contributed by atoms with Gasteiger partial charge < -0.3 is 20.5 Å². The van der Waals surface area contributed by atoms with E-state index in [1.165, 1.54) is 7.11 Å². The van der Waals surface area contributed by atoms with E-state index in [1.54, 1.807) is 6.92 Å². The van der Waals surface area contributed by atoms with Crippen LogP contribution in [0.2, 0.25) is 0 Å². The molecule has 20 heavy (non-hydrogen) atoms. The number of anilines is 2. The summed E-state index contributed by atoms with van der Waals surface area (Å²) in [6, 6.07) is 0.312. The van der Waals surface area contributed by atoms with Crippen molar-refractivity contribution in [2.45, 2.75) is 26.3 Å². The van der Waals surface area contributed by atoms with Crippen molar-refractivity contribution in [1.29, 1.82) is 0 Å². The van der Waals surface area contributed by atoms with E-state index in [2.05, 4.69) is 17.0 Å². The second-order valence-corrected chi connectivity index (χ2v) is 5.75. The predicted octanol–water partition coefficient (Wildman–Crippen LogP) is 2.11. The number of esters is 2. The lowest BCUT2D eigenvalue weighted by Gasteiger charge is -2.06. The third kappa shape index (κ3) is 2.72. The van der Waals surface area contributed by atoms with E-state index in [0.29, 0.717) is 17.0 Å². The molecule has 0 spiro atoms. The highest BCUT2D eigenvalue weighted by Crippen LogP contribution is 2.41. The zero-order valence-electron chi connectivity index (χ0n) is 11.7. The van der Waals surface area contributed by atoms with Gasteiger partial charge in [-0.2, -0.15) is 0 Å². The number of hydrogen-bond acceptors (Lipinski definition) is 7. The summed E-state index contributed by atoms with van der Waals surface area (Å²) in [6.07, 6.45) is 1.04. The smallest absolute Gasteiger partial charge is 0.350 e. The lowest BCUT2D eigenvalue weighted by atomic mass is 10.2. The third-order valence-corrected chi connectivity index (χ3v) is 4.34. The Bertz CT molecular complexity index is 541. The second kappa shape index (κ2) is 5.70. The number of nitrogen functional groups attached to an aromatic ring is 1. The molecule has 0 aliphatic heterocycles. The molecule has 0 bridgehead atoms. The van der Waals surface area contributed by atoms with E-state index in [9.17, 15) is 9.59 Å². The van der Waals surface area contributed by atoms with Crippen LogP contribution in [0.3, 0.4) is 0 Å². The number of nitrogens with one attached hydrogen (secondary N) is 1. The van der Waals surface area contributed by atoms with Crippen LogP contribution >= 0.6 is 11.3 Å². The topological polar surface area (TPSA) is 90.6 Å². The minimum absolute atomic E-state index is 0.121. The molecular formula is C13H18N2O4S. The number of carbonyl (C=O) groups excluding carboxylic acids is 2. The number of nitrogens with two attached hydrogens (primary N) is 1. The summed E-state index contributed by atoms with van der Waals surface area (Å²) in [5, 5.41) is 3.82. The van der Waals surface area contributed by atoms with Gasteiger partial charge in [-0.3, -0.25) is 0 Å². The Hall–Kier alpha value is -1.76. The Morgan fingerprint density at radius 2 is 2.10 bits per heavy atom. The number of methoxy groups -OCH3 is 1. The lowest BCUT2D eigenvalue weighted by molar-refractivity contribution is 0.0529. The summed E-state index contributed by atoms with van der Waals surface area (Å²) < 4.78 is 9.68. The van der Waals surface area contributed by atoms with Crippen molar-refractivity contribution in [3.05, 3.63) is 10.4 Å². The first-order valence-electron chi connectivity index (χ1n) is 6.43. The first-order chi connectivity index (χ1) is 9.49. The van der Waals surface area contributed by atoms with E-state index in [-0.39, 0.29) is 22.7 Å². The maximum Gasteiger partial charge on any atom is 0.350 e. The van der Waals surface area contributed by atoms with Gasteiger partial charge in [0, 0.05) is 6.04 Å². The van der Waals surface area contributed by atoms with Gasteiger partial charge in [0.05, 0.1) is 19.4 Å². The predicted molar refractivity (Wildman–Crippen MR) is 77.2 cm³/mol. The molecule has 1 aliphatic rings. The van der Waals surface area contributed by atoms with Crippen LogP contribution in [0.1, 0.15) is 40.3 Å². The summed E-state index contributed by atoms with van der Waals surface area (Å²) in [4.78, 5) is 23.9. The van der Waals surface area contributed by atoms with Gasteiger partial charge >= 0.3 is 11.9 Å². The largest absolute Gasteiger partial charge is 0.465 e. The molecule has 1 aliphatic carbocycles. The number of carbonyl (C=O) groups is 2. The van der Waals surface area contributed by atoms with Crippen LogP contribution in [-0.2, 0) is 9.47 Å². The zero-order valence-corrected chi connectivity index (χ0v) is 12.5. The first-order valence-corrected chi connectivity index (χ1v) is 7.25. The normalized spacial score (nSPS) is 20.4. The Morgan fingerprint density at radius 3 is 2.60 bits per heavy atom. The van der Waals surface area contributed by atoms with Crippen LogP contribution in [0.5, 0.6) is 0 Å². The molecule has 110 valence electrons. The molecule has 0 amide bonds. The molecule has 2 rings (SSSR count). The summed E-state index contributed by atoms with van der Waals surface area (Å²) in [5.41, 5.74) is 6.27. The van der Waals surface area contributed by atoms with Crippen molar-refractivity contribution in [3.63, 3.8) is 0 Å². The van der Waals surface area contributed by atoms with Crippen LogP contribution in [0.25, 0.3) is 0 Å². The minimum atomic E-state index is -0.546. The highest BCUT2D eigenvalue weighted by Gasteiger charge is 2.35. The van der Waals surface area contributed by atoms with Crippen molar-refractivity contribution >= 4 is 34.0 Å². The van der Waals surface area contributed by atoms with Gasteiger partial charge in [0.2, 0.25) is 0 Å². The van der Waals surface area contributed by atoms with Gasteiger partial charge in [-0.1, -0.05) is 6.92 Å². The van der Waals surface area contributed by atoms with Gasteiger partial charge in [-0.25, -0.2) is 9.59 Å².